The third-order valence-corrected chi connectivity index (χ3v) is 9.29. The van der Waals surface area contributed by atoms with Crippen molar-refractivity contribution < 1.29 is 18.0 Å². The molecule has 2 amide bonds. The van der Waals surface area contributed by atoms with E-state index in [-0.39, 0.29) is 29.1 Å². The molecule has 0 aliphatic rings. The molecule has 0 bridgehead atoms. The Balaban J connectivity index is 2.03. The molecule has 40 heavy (non-hydrogen) atoms. The van der Waals surface area contributed by atoms with Crippen LogP contribution in [0.25, 0.3) is 0 Å². The first-order valence-electron chi connectivity index (χ1n) is 12.7. The molecule has 2 atom stereocenters. The fourth-order valence-corrected chi connectivity index (χ4v) is 5.72. The molecular formula is C29H32Cl3N3O4S. The zero-order chi connectivity index (χ0) is 29.6. The lowest BCUT2D eigenvalue weighted by Gasteiger charge is -2.32. The van der Waals surface area contributed by atoms with Gasteiger partial charge in [0.15, 0.2) is 0 Å². The minimum absolute atomic E-state index is 0.00382. The molecule has 214 valence electrons. The van der Waals surface area contributed by atoms with E-state index in [0.717, 1.165) is 9.87 Å². The summed E-state index contributed by atoms with van der Waals surface area (Å²) in [6.45, 7) is 6.71. The maximum atomic E-state index is 13.9. The number of hydrogen-bond acceptors (Lipinski definition) is 4. The van der Waals surface area contributed by atoms with E-state index in [2.05, 4.69) is 5.32 Å². The predicted octanol–water partition coefficient (Wildman–Crippen LogP) is 6.48. The average molecular weight is 625 g/mol. The first-order chi connectivity index (χ1) is 18.8. The topological polar surface area (TPSA) is 86.8 Å². The number of carbonyl (C=O) groups excluding carboxylic acids is 2. The lowest BCUT2D eigenvalue weighted by Crippen LogP contribution is -2.52. The van der Waals surface area contributed by atoms with Crippen LogP contribution in [0.2, 0.25) is 15.1 Å². The number of sulfonamides is 1. The van der Waals surface area contributed by atoms with Gasteiger partial charge in [0.25, 0.3) is 10.0 Å². The van der Waals surface area contributed by atoms with Crippen LogP contribution in [0.1, 0.15) is 38.3 Å². The lowest BCUT2D eigenvalue weighted by atomic mass is 10.1. The summed E-state index contributed by atoms with van der Waals surface area (Å²) < 4.78 is 28.7. The summed E-state index contributed by atoms with van der Waals surface area (Å²) in [5.74, 6) is -0.939. The molecule has 3 aromatic carbocycles. The summed E-state index contributed by atoms with van der Waals surface area (Å²) in [6, 6.07) is 16.4. The quantitative estimate of drug-likeness (QED) is 0.265. The van der Waals surface area contributed by atoms with Gasteiger partial charge in [-0.3, -0.25) is 13.9 Å². The maximum Gasteiger partial charge on any atom is 0.264 e. The Bertz CT molecular complexity index is 1450. The molecule has 0 spiro atoms. The third-order valence-electron chi connectivity index (χ3n) is 6.51. The summed E-state index contributed by atoms with van der Waals surface area (Å²) in [4.78, 5) is 28.4. The molecule has 0 aliphatic carbocycles. The van der Waals surface area contributed by atoms with Crippen molar-refractivity contribution in [3.8, 4) is 0 Å². The van der Waals surface area contributed by atoms with E-state index in [0.29, 0.717) is 27.1 Å². The van der Waals surface area contributed by atoms with Crippen molar-refractivity contribution in [3.63, 3.8) is 0 Å². The zero-order valence-electron chi connectivity index (χ0n) is 22.7. The molecule has 3 rings (SSSR count). The molecule has 0 unspecified atom stereocenters. The average Bonchev–Trinajstić information content (AvgIpc) is 2.92. The van der Waals surface area contributed by atoms with Crippen molar-refractivity contribution in [2.24, 2.45) is 0 Å². The van der Waals surface area contributed by atoms with Crippen LogP contribution in [-0.2, 0) is 26.2 Å². The highest BCUT2D eigenvalue weighted by Crippen LogP contribution is 2.27. The van der Waals surface area contributed by atoms with Crippen LogP contribution < -0.4 is 9.62 Å². The first kappa shape index (κ1) is 31.7. The largest absolute Gasteiger partial charge is 0.352 e. The molecule has 0 fully saturated rings. The Morgan fingerprint density at radius 3 is 2.10 bits per heavy atom. The van der Waals surface area contributed by atoms with Crippen molar-refractivity contribution in [1.29, 1.82) is 0 Å². The minimum atomic E-state index is -4.16. The van der Waals surface area contributed by atoms with E-state index < -0.39 is 28.5 Å². The Morgan fingerprint density at radius 2 is 1.52 bits per heavy atom. The van der Waals surface area contributed by atoms with E-state index in [1.807, 2.05) is 20.8 Å². The van der Waals surface area contributed by atoms with Crippen molar-refractivity contribution in [1.82, 2.24) is 10.2 Å². The van der Waals surface area contributed by atoms with Gasteiger partial charge in [-0.1, -0.05) is 65.5 Å². The predicted molar refractivity (Wildman–Crippen MR) is 162 cm³/mol. The highest BCUT2D eigenvalue weighted by Gasteiger charge is 2.32. The van der Waals surface area contributed by atoms with Gasteiger partial charge in [0.1, 0.15) is 12.6 Å². The maximum absolute atomic E-state index is 13.9. The number of anilines is 1. The van der Waals surface area contributed by atoms with Crippen LogP contribution in [-0.4, -0.2) is 43.8 Å². The number of rotatable bonds is 11. The summed E-state index contributed by atoms with van der Waals surface area (Å²) in [7, 11) is -4.16. The molecule has 0 radical (unpaired) electrons. The number of nitrogens with zero attached hydrogens (tertiary/aromatic N) is 2. The number of hydrogen-bond donors (Lipinski definition) is 1. The number of benzene rings is 3. The van der Waals surface area contributed by atoms with Crippen LogP contribution in [0, 0.1) is 6.92 Å². The number of amides is 2. The smallest absolute Gasteiger partial charge is 0.264 e. The molecule has 1 N–H and O–H groups in total. The number of halogens is 3. The number of nitrogens with one attached hydrogen (secondary N) is 1. The van der Waals surface area contributed by atoms with Crippen molar-refractivity contribution in [3.05, 3.63) is 92.9 Å². The van der Waals surface area contributed by atoms with Gasteiger partial charge in [-0.2, -0.15) is 0 Å². The standard InChI is InChI=1S/C29H32Cl3N3O4S/c1-5-20(3)33-29(37)21(4)34(17-22-8-15-26(31)27(32)16-22)28(36)18-35(24-11-9-23(30)10-12-24)40(38,39)25-13-6-19(2)7-14-25/h6-16,20-21H,5,17-18H2,1-4H3,(H,33,37)/t20-,21-/m1/s1. The number of aryl methyl sites for hydroxylation is 1. The first-order valence-corrected chi connectivity index (χ1v) is 15.3. The monoisotopic (exact) mass is 623 g/mol. The Kier molecular flexibility index (Phi) is 10.9. The second-order valence-corrected chi connectivity index (χ2v) is 12.7. The zero-order valence-corrected chi connectivity index (χ0v) is 25.8. The summed E-state index contributed by atoms with van der Waals surface area (Å²) in [5, 5.41) is 3.96. The number of carbonyl (C=O) groups is 2. The van der Waals surface area contributed by atoms with E-state index in [4.69, 9.17) is 34.8 Å². The normalized spacial score (nSPS) is 12.9. The SMILES string of the molecule is CC[C@@H](C)NC(=O)[C@@H](C)N(Cc1ccc(Cl)c(Cl)c1)C(=O)CN(c1ccc(Cl)cc1)S(=O)(=O)c1ccc(C)cc1. The molecule has 0 saturated carbocycles. The summed E-state index contributed by atoms with van der Waals surface area (Å²) >= 11 is 18.3. The van der Waals surface area contributed by atoms with Crippen LogP contribution in [0.4, 0.5) is 5.69 Å². The van der Waals surface area contributed by atoms with E-state index >= 15 is 0 Å². The lowest BCUT2D eigenvalue weighted by molar-refractivity contribution is -0.139. The van der Waals surface area contributed by atoms with Crippen LogP contribution in [0.5, 0.6) is 0 Å². The fourth-order valence-electron chi connectivity index (χ4n) is 3.86. The van der Waals surface area contributed by atoms with Gasteiger partial charge < -0.3 is 10.2 Å². The second kappa shape index (κ2) is 13.7. The fraction of sp³-hybridized carbons (Fsp3) is 0.310. The Labute approximate surface area is 251 Å². The van der Waals surface area contributed by atoms with Crippen molar-refractivity contribution >= 4 is 62.3 Å². The van der Waals surface area contributed by atoms with Crippen LogP contribution in [0.15, 0.2) is 71.6 Å². The highest BCUT2D eigenvalue weighted by molar-refractivity contribution is 7.92. The summed E-state index contributed by atoms with van der Waals surface area (Å²) in [5.41, 5.74) is 1.77. The summed E-state index contributed by atoms with van der Waals surface area (Å²) in [6.07, 6.45) is 0.707. The highest BCUT2D eigenvalue weighted by atomic mass is 35.5. The van der Waals surface area contributed by atoms with E-state index in [1.165, 1.54) is 29.2 Å². The van der Waals surface area contributed by atoms with Gasteiger partial charge in [0.05, 0.1) is 20.6 Å². The van der Waals surface area contributed by atoms with Crippen LogP contribution >= 0.6 is 34.8 Å². The van der Waals surface area contributed by atoms with Crippen molar-refractivity contribution in [2.75, 3.05) is 10.8 Å². The molecule has 0 aromatic heterocycles. The molecule has 7 nitrogen and oxygen atoms in total. The van der Waals surface area contributed by atoms with Gasteiger partial charge in [0, 0.05) is 17.6 Å². The molecule has 3 aromatic rings. The van der Waals surface area contributed by atoms with Gasteiger partial charge in [-0.25, -0.2) is 8.42 Å². The Hall–Kier alpha value is -2.78. The second-order valence-electron chi connectivity index (χ2n) is 9.57. The molecule has 11 heteroatoms. The molecular weight excluding hydrogens is 593 g/mol. The van der Waals surface area contributed by atoms with Gasteiger partial charge >= 0.3 is 0 Å². The van der Waals surface area contributed by atoms with Gasteiger partial charge in [0.2, 0.25) is 11.8 Å². The van der Waals surface area contributed by atoms with E-state index in [1.54, 1.807) is 49.4 Å². The molecule has 0 aliphatic heterocycles. The van der Waals surface area contributed by atoms with Gasteiger partial charge in [-0.05, 0) is 81.3 Å². The third kappa shape index (κ3) is 7.91. The Morgan fingerprint density at radius 1 is 0.900 bits per heavy atom. The molecule has 0 heterocycles. The minimum Gasteiger partial charge on any atom is -0.352 e. The van der Waals surface area contributed by atoms with Crippen molar-refractivity contribution in [2.45, 2.75) is 57.6 Å². The van der Waals surface area contributed by atoms with Gasteiger partial charge in [-0.15, -0.1) is 0 Å². The van der Waals surface area contributed by atoms with E-state index in [9.17, 15) is 18.0 Å². The van der Waals surface area contributed by atoms with Crippen LogP contribution in [0.3, 0.4) is 0 Å². The molecule has 0 saturated heterocycles.